The molecule has 0 aliphatic heterocycles. The molecule has 0 aliphatic carbocycles. The Morgan fingerprint density at radius 1 is 1.26 bits per heavy atom. The third-order valence-electron chi connectivity index (χ3n) is 2.65. The predicted octanol–water partition coefficient (Wildman–Crippen LogP) is 3.75. The van der Waals surface area contributed by atoms with Crippen LogP contribution in [0.3, 0.4) is 0 Å². The molecule has 0 unspecified atom stereocenters. The van der Waals surface area contributed by atoms with Gasteiger partial charge in [-0.2, -0.15) is 0 Å². The van der Waals surface area contributed by atoms with Crippen LogP contribution in [-0.2, 0) is 0 Å². The van der Waals surface area contributed by atoms with Crippen molar-refractivity contribution in [2.75, 3.05) is 5.32 Å². The molecule has 2 aromatic rings. The first kappa shape index (κ1) is 13.4. The maximum atomic E-state index is 12.9. The average molecular weight is 280 g/mol. The van der Waals surface area contributed by atoms with E-state index in [0.29, 0.717) is 16.8 Å². The predicted molar refractivity (Wildman–Crippen MR) is 72.2 cm³/mol. The number of hydrogen-bond donors (Lipinski definition) is 2. The van der Waals surface area contributed by atoms with Gasteiger partial charge in [-0.15, -0.1) is 0 Å². The van der Waals surface area contributed by atoms with Crippen LogP contribution < -0.4 is 5.32 Å². The van der Waals surface area contributed by atoms with E-state index in [2.05, 4.69) is 5.32 Å². The molecule has 0 saturated carbocycles. The molecule has 0 saturated heterocycles. The average Bonchev–Trinajstić information content (AvgIpc) is 2.36. The number of carbonyl (C=O) groups excluding carboxylic acids is 1. The normalized spacial score (nSPS) is 10.3. The first-order chi connectivity index (χ1) is 8.97. The first-order valence-electron chi connectivity index (χ1n) is 5.53. The van der Waals surface area contributed by atoms with Crippen LogP contribution in [0.1, 0.15) is 15.9 Å². The van der Waals surface area contributed by atoms with E-state index in [4.69, 9.17) is 11.6 Å². The fourth-order valence-electron chi connectivity index (χ4n) is 1.61. The third-order valence-corrected chi connectivity index (χ3v) is 2.95. The van der Waals surface area contributed by atoms with Gasteiger partial charge >= 0.3 is 0 Å². The summed E-state index contributed by atoms with van der Waals surface area (Å²) in [6, 6.07) is 8.26. The maximum absolute atomic E-state index is 12.9. The van der Waals surface area contributed by atoms with Crippen molar-refractivity contribution in [2.45, 2.75) is 6.92 Å². The lowest BCUT2D eigenvalue weighted by molar-refractivity contribution is 0.102. The quantitative estimate of drug-likeness (QED) is 0.880. The smallest absolute Gasteiger partial charge is 0.255 e. The molecule has 0 radical (unpaired) electrons. The van der Waals surface area contributed by atoms with Crippen molar-refractivity contribution < 1.29 is 14.3 Å². The topological polar surface area (TPSA) is 49.3 Å². The molecule has 0 bridgehead atoms. The molecule has 5 heteroatoms. The van der Waals surface area contributed by atoms with Gasteiger partial charge in [0.1, 0.15) is 11.6 Å². The van der Waals surface area contributed by atoms with E-state index >= 15 is 0 Å². The summed E-state index contributed by atoms with van der Waals surface area (Å²) in [5, 5.41) is 12.0. The highest BCUT2D eigenvalue weighted by atomic mass is 35.5. The number of aromatic hydroxyl groups is 1. The Morgan fingerprint density at radius 2 is 2.00 bits per heavy atom. The van der Waals surface area contributed by atoms with Crippen molar-refractivity contribution in [2.24, 2.45) is 0 Å². The second-order valence-corrected chi connectivity index (χ2v) is 4.49. The van der Waals surface area contributed by atoms with Gasteiger partial charge in [0.2, 0.25) is 0 Å². The zero-order valence-electron chi connectivity index (χ0n) is 10.1. The number of benzene rings is 2. The number of phenols is 1. The summed E-state index contributed by atoms with van der Waals surface area (Å²) < 4.78 is 12.9. The fraction of sp³-hybridized carbons (Fsp3) is 0.0714. The number of carbonyl (C=O) groups is 1. The van der Waals surface area contributed by atoms with Gasteiger partial charge in [-0.05, 0) is 48.9 Å². The monoisotopic (exact) mass is 279 g/mol. The van der Waals surface area contributed by atoms with Gasteiger partial charge in [-0.1, -0.05) is 11.6 Å². The highest BCUT2D eigenvalue weighted by Crippen LogP contribution is 2.24. The number of phenolic OH excluding ortho intramolecular Hbond substituents is 1. The van der Waals surface area contributed by atoms with E-state index in [9.17, 15) is 14.3 Å². The number of aryl methyl sites for hydroxylation is 1. The van der Waals surface area contributed by atoms with Crippen LogP contribution in [0.15, 0.2) is 36.4 Å². The van der Waals surface area contributed by atoms with Gasteiger partial charge in [0.25, 0.3) is 5.91 Å². The fourth-order valence-corrected chi connectivity index (χ4v) is 1.79. The van der Waals surface area contributed by atoms with Gasteiger partial charge in [-0.3, -0.25) is 4.79 Å². The highest BCUT2D eigenvalue weighted by molar-refractivity contribution is 6.32. The minimum Gasteiger partial charge on any atom is -0.506 e. The zero-order valence-corrected chi connectivity index (χ0v) is 10.8. The molecule has 1 amide bonds. The zero-order chi connectivity index (χ0) is 14.0. The molecule has 0 heterocycles. The number of nitrogens with one attached hydrogen (secondary N) is 1. The molecule has 19 heavy (non-hydrogen) atoms. The van der Waals surface area contributed by atoms with Gasteiger partial charge in [0, 0.05) is 11.3 Å². The number of halogens is 2. The van der Waals surface area contributed by atoms with E-state index in [0.717, 1.165) is 0 Å². The lowest BCUT2D eigenvalue weighted by Gasteiger charge is -2.09. The third kappa shape index (κ3) is 3.03. The lowest BCUT2D eigenvalue weighted by Crippen LogP contribution is -2.12. The highest BCUT2D eigenvalue weighted by Gasteiger charge is 2.10. The number of amides is 1. The molecule has 0 spiro atoms. The molecule has 0 aliphatic rings. The van der Waals surface area contributed by atoms with E-state index < -0.39 is 0 Å². The second-order valence-electron chi connectivity index (χ2n) is 4.08. The van der Waals surface area contributed by atoms with Gasteiger partial charge < -0.3 is 10.4 Å². The van der Waals surface area contributed by atoms with E-state index in [-0.39, 0.29) is 22.5 Å². The Kier molecular flexibility index (Phi) is 3.71. The Labute approximate surface area is 114 Å². The molecule has 2 rings (SSSR count). The van der Waals surface area contributed by atoms with Crippen LogP contribution in [0.2, 0.25) is 5.02 Å². The van der Waals surface area contributed by atoms with Crippen molar-refractivity contribution in [3.8, 4) is 5.75 Å². The number of anilines is 1. The first-order valence-corrected chi connectivity index (χ1v) is 5.91. The van der Waals surface area contributed by atoms with Crippen LogP contribution in [0.5, 0.6) is 5.75 Å². The molecule has 98 valence electrons. The number of hydrogen-bond acceptors (Lipinski definition) is 2. The summed E-state index contributed by atoms with van der Waals surface area (Å²) in [6.07, 6.45) is 0. The van der Waals surface area contributed by atoms with Crippen LogP contribution in [-0.4, -0.2) is 11.0 Å². The summed E-state index contributed by atoms with van der Waals surface area (Å²) in [5.41, 5.74) is 1.46. The minimum atomic E-state index is -0.378. The molecule has 2 aromatic carbocycles. The van der Waals surface area contributed by atoms with Crippen LogP contribution in [0.25, 0.3) is 0 Å². The Balaban J connectivity index is 2.23. The summed E-state index contributed by atoms with van der Waals surface area (Å²) in [5.74, 6) is -0.823. The summed E-state index contributed by atoms with van der Waals surface area (Å²) >= 11 is 5.73. The molecule has 2 N–H and O–H groups in total. The van der Waals surface area contributed by atoms with Gasteiger partial charge in [0.05, 0.1) is 5.02 Å². The lowest BCUT2D eigenvalue weighted by atomic mass is 10.1. The SMILES string of the molecule is Cc1cc(F)ccc1NC(=O)c1ccc(O)c(Cl)c1. The Hall–Kier alpha value is -2.07. The molecular formula is C14H11ClFNO2. The summed E-state index contributed by atoms with van der Waals surface area (Å²) in [7, 11) is 0. The molecular weight excluding hydrogens is 269 g/mol. The Morgan fingerprint density at radius 3 is 2.63 bits per heavy atom. The van der Waals surface area contributed by atoms with Crippen molar-refractivity contribution in [3.05, 3.63) is 58.4 Å². The largest absolute Gasteiger partial charge is 0.506 e. The van der Waals surface area contributed by atoms with Gasteiger partial charge in [-0.25, -0.2) is 4.39 Å². The van der Waals surface area contributed by atoms with Gasteiger partial charge in [0.15, 0.2) is 0 Å². The van der Waals surface area contributed by atoms with E-state index in [1.165, 1.54) is 36.4 Å². The summed E-state index contributed by atoms with van der Waals surface area (Å²) in [6.45, 7) is 1.70. The molecule has 3 nitrogen and oxygen atoms in total. The van der Waals surface area contributed by atoms with E-state index in [1.807, 2.05) is 0 Å². The maximum Gasteiger partial charge on any atom is 0.255 e. The molecule has 0 atom stereocenters. The second kappa shape index (κ2) is 5.28. The standard InChI is InChI=1S/C14H11ClFNO2/c1-8-6-10(16)3-4-12(8)17-14(19)9-2-5-13(18)11(15)7-9/h2-7,18H,1H3,(H,17,19). The molecule has 0 fully saturated rings. The molecule has 0 aromatic heterocycles. The van der Waals surface area contributed by atoms with Crippen molar-refractivity contribution >= 4 is 23.2 Å². The van der Waals surface area contributed by atoms with Crippen molar-refractivity contribution in [3.63, 3.8) is 0 Å². The van der Waals surface area contributed by atoms with Crippen LogP contribution >= 0.6 is 11.6 Å². The number of rotatable bonds is 2. The Bertz CT molecular complexity index is 643. The summed E-state index contributed by atoms with van der Waals surface area (Å²) in [4.78, 5) is 12.0. The van der Waals surface area contributed by atoms with Crippen LogP contribution in [0.4, 0.5) is 10.1 Å². The van der Waals surface area contributed by atoms with Crippen molar-refractivity contribution in [1.82, 2.24) is 0 Å². The van der Waals surface area contributed by atoms with E-state index in [1.54, 1.807) is 6.92 Å². The van der Waals surface area contributed by atoms with Crippen molar-refractivity contribution in [1.29, 1.82) is 0 Å². The van der Waals surface area contributed by atoms with Crippen LogP contribution in [0, 0.1) is 12.7 Å². The minimum absolute atomic E-state index is 0.0869.